The summed E-state index contributed by atoms with van der Waals surface area (Å²) in [6.45, 7) is 3.96. The first-order valence-electron chi connectivity index (χ1n) is 11.8. The van der Waals surface area contributed by atoms with Crippen molar-refractivity contribution in [3.63, 3.8) is 0 Å². The van der Waals surface area contributed by atoms with Gasteiger partial charge in [0.2, 0.25) is 5.91 Å². The molecule has 0 heterocycles. The van der Waals surface area contributed by atoms with E-state index in [0.29, 0.717) is 23.5 Å². The first-order chi connectivity index (χ1) is 19.9. The maximum Gasteiger partial charge on any atom is 0.303 e. The molecule has 2 rings (SSSR count). The molecule has 222 valence electrons. The van der Waals surface area contributed by atoms with E-state index in [4.69, 9.17) is 19.5 Å². The molecule has 0 aromatic heterocycles. The zero-order chi connectivity index (χ0) is 31.4. The minimum absolute atomic E-state index is 0.00661. The topological polar surface area (TPSA) is 229 Å². The fourth-order valence-electron chi connectivity index (χ4n) is 3.45. The lowest BCUT2D eigenvalue weighted by Gasteiger charge is -2.27. The number of azo groups is 1. The summed E-state index contributed by atoms with van der Waals surface area (Å²) in [5, 5.41) is 44.2. The second kappa shape index (κ2) is 15.5. The van der Waals surface area contributed by atoms with E-state index in [1.54, 1.807) is 10.3 Å². The van der Waals surface area contributed by atoms with E-state index in [9.17, 15) is 34.6 Å². The van der Waals surface area contributed by atoms with Gasteiger partial charge >= 0.3 is 17.6 Å². The van der Waals surface area contributed by atoms with Crippen LogP contribution < -0.4 is 15.0 Å². The Labute approximate surface area is 242 Å². The van der Waals surface area contributed by atoms with Gasteiger partial charge in [0, 0.05) is 26.8 Å². The molecule has 2 aromatic rings. The van der Waals surface area contributed by atoms with Gasteiger partial charge in [-0.05, 0) is 23.9 Å². The number of thiocyanates is 1. The first-order valence-corrected chi connectivity index (χ1v) is 12.6. The zero-order valence-electron chi connectivity index (χ0n) is 22.8. The number of methoxy groups -OCH3 is 1. The van der Waals surface area contributed by atoms with Crippen LogP contribution in [0.4, 0.5) is 34.1 Å². The Bertz CT molecular complexity index is 1440. The third-order valence-electron chi connectivity index (χ3n) is 5.15. The van der Waals surface area contributed by atoms with E-state index in [1.165, 1.54) is 40.0 Å². The molecule has 1 amide bonds. The number of ether oxygens (including phenoxy) is 3. The van der Waals surface area contributed by atoms with Gasteiger partial charge in [0.25, 0.3) is 5.69 Å². The van der Waals surface area contributed by atoms with E-state index >= 15 is 0 Å². The van der Waals surface area contributed by atoms with Gasteiger partial charge < -0.3 is 24.4 Å². The van der Waals surface area contributed by atoms with Crippen LogP contribution in [0.2, 0.25) is 0 Å². The fourth-order valence-corrected chi connectivity index (χ4v) is 3.95. The normalized spacial score (nSPS) is 10.5. The summed E-state index contributed by atoms with van der Waals surface area (Å²) in [4.78, 5) is 57.3. The molecule has 0 aliphatic carbocycles. The van der Waals surface area contributed by atoms with E-state index < -0.39 is 39.1 Å². The molecule has 0 atom stereocenters. The highest BCUT2D eigenvalue weighted by Gasteiger charge is 2.26. The van der Waals surface area contributed by atoms with Crippen LogP contribution in [0.15, 0.2) is 39.4 Å². The highest BCUT2D eigenvalue weighted by molar-refractivity contribution is 8.03. The molecule has 0 radical (unpaired) electrons. The van der Waals surface area contributed by atoms with Crippen molar-refractivity contribution >= 4 is 63.7 Å². The average Bonchev–Trinajstić information content (AvgIpc) is 2.90. The van der Waals surface area contributed by atoms with Gasteiger partial charge in [0.05, 0.1) is 47.5 Å². The van der Waals surface area contributed by atoms with Crippen LogP contribution in [0.1, 0.15) is 20.8 Å². The number of carbonyl (C=O) groups excluding carboxylic acids is 3. The Kier molecular flexibility index (Phi) is 12.1. The summed E-state index contributed by atoms with van der Waals surface area (Å²) in [6.07, 6.45) is 0. The number of esters is 2. The van der Waals surface area contributed by atoms with Crippen molar-refractivity contribution in [1.29, 1.82) is 5.26 Å². The number of nitriles is 1. The third-order valence-corrected chi connectivity index (χ3v) is 5.79. The van der Waals surface area contributed by atoms with Gasteiger partial charge in [-0.25, -0.2) is 0 Å². The number of nitro groups is 2. The molecular formula is C24H25N7O10S. The van der Waals surface area contributed by atoms with Crippen molar-refractivity contribution < 1.29 is 38.4 Å². The minimum atomic E-state index is -0.884. The molecule has 0 spiro atoms. The molecule has 2 aromatic carbocycles. The monoisotopic (exact) mass is 603 g/mol. The van der Waals surface area contributed by atoms with Crippen LogP contribution in [-0.4, -0.2) is 61.1 Å². The van der Waals surface area contributed by atoms with Crippen molar-refractivity contribution in [3.05, 3.63) is 44.5 Å². The number of nitro benzene ring substituents is 2. The Morgan fingerprint density at radius 1 is 0.952 bits per heavy atom. The Balaban J connectivity index is 2.65. The number of rotatable bonds is 14. The minimum Gasteiger partial charge on any atom is -0.494 e. The number of amides is 1. The predicted octanol–water partition coefficient (Wildman–Crippen LogP) is 4.39. The quantitative estimate of drug-likeness (QED) is 0.0789. The summed E-state index contributed by atoms with van der Waals surface area (Å²) in [5.41, 5.74) is -1.30. The van der Waals surface area contributed by atoms with Crippen LogP contribution in [0.3, 0.4) is 0 Å². The van der Waals surface area contributed by atoms with Gasteiger partial charge in [-0.15, -0.1) is 10.2 Å². The van der Waals surface area contributed by atoms with E-state index in [1.807, 2.05) is 0 Å². The fraction of sp³-hybridized carbons (Fsp3) is 0.333. The molecule has 0 aliphatic rings. The predicted molar refractivity (Wildman–Crippen MR) is 148 cm³/mol. The number of anilines is 2. The van der Waals surface area contributed by atoms with E-state index in [0.717, 1.165) is 6.07 Å². The molecule has 17 nitrogen and oxygen atoms in total. The zero-order valence-corrected chi connectivity index (χ0v) is 23.6. The molecule has 0 saturated heterocycles. The number of hydrogen-bond acceptors (Lipinski definition) is 15. The SMILES string of the molecule is COc1cc(N=Nc2cc(SC#N)c([N+](=O)[O-])cc2[N+](=O)[O-])c(NC(C)=O)cc1N(CCOC(C)=O)CCOC(C)=O. The van der Waals surface area contributed by atoms with Crippen LogP contribution in [0.5, 0.6) is 5.75 Å². The number of carbonyl (C=O) groups is 3. The molecular weight excluding hydrogens is 578 g/mol. The molecule has 0 unspecified atom stereocenters. The lowest BCUT2D eigenvalue weighted by atomic mass is 10.2. The maximum atomic E-state index is 12.0. The second-order valence-corrected chi connectivity index (χ2v) is 8.93. The lowest BCUT2D eigenvalue weighted by molar-refractivity contribution is -0.395. The number of nitrogens with one attached hydrogen (secondary N) is 1. The van der Waals surface area contributed by atoms with Crippen molar-refractivity contribution in [3.8, 4) is 11.2 Å². The van der Waals surface area contributed by atoms with Crippen LogP contribution in [-0.2, 0) is 23.9 Å². The summed E-state index contributed by atoms with van der Waals surface area (Å²) >= 11 is 0.420. The maximum absolute atomic E-state index is 12.0. The van der Waals surface area contributed by atoms with Crippen molar-refractivity contribution in [2.45, 2.75) is 25.7 Å². The van der Waals surface area contributed by atoms with E-state index in [2.05, 4.69) is 15.5 Å². The smallest absolute Gasteiger partial charge is 0.303 e. The number of benzene rings is 2. The number of hydrogen-bond donors (Lipinski definition) is 1. The van der Waals surface area contributed by atoms with E-state index in [-0.39, 0.29) is 54.0 Å². The van der Waals surface area contributed by atoms with Crippen LogP contribution in [0.25, 0.3) is 0 Å². The molecule has 42 heavy (non-hydrogen) atoms. The number of thioether (sulfide) groups is 1. The molecule has 0 bridgehead atoms. The third kappa shape index (κ3) is 9.41. The summed E-state index contributed by atoms with van der Waals surface area (Å²) < 4.78 is 15.6. The summed E-state index contributed by atoms with van der Waals surface area (Å²) in [7, 11) is 1.35. The average molecular weight is 604 g/mol. The van der Waals surface area contributed by atoms with Crippen molar-refractivity contribution in [1.82, 2.24) is 0 Å². The molecule has 0 fully saturated rings. The Morgan fingerprint density at radius 2 is 1.52 bits per heavy atom. The molecule has 18 heteroatoms. The van der Waals surface area contributed by atoms with Gasteiger partial charge in [0.15, 0.2) is 5.69 Å². The van der Waals surface area contributed by atoms with Crippen molar-refractivity contribution in [2.75, 3.05) is 43.6 Å². The van der Waals surface area contributed by atoms with Crippen LogP contribution >= 0.6 is 11.8 Å². The lowest BCUT2D eigenvalue weighted by Crippen LogP contribution is -2.32. The number of nitrogens with zero attached hydrogens (tertiary/aromatic N) is 6. The van der Waals surface area contributed by atoms with Gasteiger partial charge in [-0.3, -0.25) is 34.6 Å². The first kappa shape index (κ1) is 32.9. The largest absolute Gasteiger partial charge is 0.494 e. The second-order valence-electron chi connectivity index (χ2n) is 8.11. The molecule has 0 saturated carbocycles. The van der Waals surface area contributed by atoms with Crippen molar-refractivity contribution in [2.24, 2.45) is 10.2 Å². The Hall–Kier alpha value is -5.31. The molecule has 1 N–H and O–H groups in total. The Morgan fingerprint density at radius 3 is 2.00 bits per heavy atom. The highest BCUT2D eigenvalue weighted by Crippen LogP contribution is 2.42. The van der Waals surface area contributed by atoms with Gasteiger partial charge in [-0.1, -0.05) is 0 Å². The standard InChI is InChI=1S/C24H25N7O10S/c1-14(32)26-17-9-21(29(5-7-40-15(2)33)6-8-41-16(3)34)23(39-4)10-18(17)27-28-19-11-24(42-13-25)22(31(37)38)12-20(19)30(35)36/h9-12H,5-8H2,1-4H3,(H,26,32). The highest BCUT2D eigenvalue weighted by atomic mass is 32.2. The van der Waals surface area contributed by atoms with Gasteiger partial charge in [0.1, 0.15) is 34.9 Å². The molecule has 0 aliphatic heterocycles. The van der Waals surface area contributed by atoms with Gasteiger partial charge in [-0.2, -0.15) is 5.26 Å². The summed E-state index contributed by atoms with van der Waals surface area (Å²) in [6, 6.07) is 4.51. The summed E-state index contributed by atoms with van der Waals surface area (Å²) in [5.74, 6) is -1.31. The van der Waals surface area contributed by atoms with Crippen LogP contribution in [0, 0.1) is 30.9 Å².